The fourth-order valence-corrected chi connectivity index (χ4v) is 5.65. The van der Waals surface area contributed by atoms with Crippen LogP contribution in [0.25, 0.3) is 10.9 Å². The molecule has 7 heteroatoms. The highest BCUT2D eigenvalue weighted by molar-refractivity contribution is 7.13. The Hall–Kier alpha value is -3.03. The maximum atomic E-state index is 13.5. The van der Waals surface area contributed by atoms with Crippen LogP contribution in [0.4, 0.5) is 5.13 Å². The number of hydrogen-bond acceptors (Lipinski definition) is 5. The Kier molecular flexibility index (Phi) is 6.23. The zero-order valence-corrected chi connectivity index (χ0v) is 20.8. The molecule has 2 aromatic heterocycles. The van der Waals surface area contributed by atoms with Gasteiger partial charge in [-0.2, -0.15) is 5.10 Å². The summed E-state index contributed by atoms with van der Waals surface area (Å²) in [4.78, 5) is 20.1. The van der Waals surface area contributed by atoms with Crippen LogP contribution in [0, 0.1) is 5.41 Å². The molecule has 34 heavy (non-hydrogen) atoms. The molecule has 3 heterocycles. The SMILES string of the molecule is CN1CCC(n2ncc3cc(C(c4ccccc4)C(C)(C)C(=O)Nc4nccs4)ccc32)CC1. The molecule has 4 aromatic rings. The van der Waals surface area contributed by atoms with Crippen molar-refractivity contribution < 1.29 is 4.79 Å². The number of anilines is 1. The third kappa shape index (κ3) is 4.38. The van der Waals surface area contributed by atoms with Crippen molar-refractivity contribution in [2.24, 2.45) is 5.41 Å². The summed E-state index contributed by atoms with van der Waals surface area (Å²) >= 11 is 1.43. The van der Waals surface area contributed by atoms with Gasteiger partial charge in [0.2, 0.25) is 5.91 Å². The molecule has 1 unspecified atom stereocenters. The van der Waals surface area contributed by atoms with Gasteiger partial charge in [-0.3, -0.25) is 9.48 Å². The van der Waals surface area contributed by atoms with Crippen molar-refractivity contribution in [1.29, 1.82) is 0 Å². The first-order valence-electron chi connectivity index (χ1n) is 11.8. The summed E-state index contributed by atoms with van der Waals surface area (Å²) in [5.41, 5.74) is 2.69. The minimum absolute atomic E-state index is 0.0431. The van der Waals surface area contributed by atoms with Crippen LogP contribution in [0.3, 0.4) is 0 Å². The number of fused-ring (bicyclic) bond motifs is 1. The number of carbonyl (C=O) groups is 1. The first-order valence-corrected chi connectivity index (χ1v) is 12.7. The van der Waals surface area contributed by atoms with Crippen molar-refractivity contribution in [2.45, 2.75) is 38.6 Å². The monoisotopic (exact) mass is 473 g/mol. The van der Waals surface area contributed by atoms with E-state index in [1.807, 2.05) is 43.6 Å². The Morgan fingerprint density at radius 3 is 2.59 bits per heavy atom. The van der Waals surface area contributed by atoms with E-state index in [0.29, 0.717) is 11.2 Å². The van der Waals surface area contributed by atoms with E-state index in [-0.39, 0.29) is 11.8 Å². The van der Waals surface area contributed by atoms with E-state index in [0.717, 1.165) is 48.0 Å². The summed E-state index contributed by atoms with van der Waals surface area (Å²) in [6.45, 7) is 6.23. The second kappa shape index (κ2) is 9.31. The van der Waals surface area contributed by atoms with Gasteiger partial charge in [-0.05, 0) is 56.2 Å². The maximum Gasteiger partial charge on any atom is 0.232 e. The first kappa shape index (κ1) is 22.7. The molecule has 0 saturated carbocycles. The van der Waals surface area contributed by atoms with Gasteiger partial charge >= 0.3 is 0 Å². The van der Waals surface area contributed by atoms with Crippen molar-refractivity contribution in [3.63, 3.8) is 0 Å². The van der Waals surface area contributed by atoms with Gasteiger partial charge in [0.15, 0.2) is 5.13 Å². The predicted molar refractivity (Wildman–Crippen MR) is 138 cm³/mol. The molecule has 0 spiro atoms. The second-order valence-electron chi connectivity index (χ2n) is 9.80. The third-order valence-electron chi connectivity index (χ3n) is 7.08. The van der Waals surface area contributed by atoms with Crippen LogP contribution < -0.4 is 5.32 Å². The molecule has 1 atom stereocenters. The Morgan fingerprint density at radius 2 is 1.88 bits per heavy atom. The first-order chi connectivity index (χ1) is 16.4. The van der Waals surface area contributed by atoms with Crippen molar-refractivity contribution in [2.75, 3.05) is 25.5 Å². The molecule has 5 rings (SSSR count). The van der Waals surface area contributed by atoms with Crippen LogP contribution in [0.5, 0.6) is 0 Å². The fraction of sp³-hybridized carbons (Fsp3) is 0.370. The number of piperidine rings is 1. The molecular weight excluding hydrogens is 442 g/mol. The highest BCUT2D eigenvalue weighted by Crippen LogP contribution is 2.43. The molecule has 176 valence electrons. The van der Waals surface area contributed by atoms with Gasteiger partial charge in [0.05, 0.1) is 23.2 Å². The highest BCUT2D eigenvalue weighted by Gasteiger charge is 2.39. The number of aromatic nitrogens is 3. The zero-order chi connectivity index (χ0) is 23.7. The average Bonchev–Trinajstić information content (AvgIpc) is 3.50. The van der Waals surface area contributed by atoms with Gasteiger partial charge in [-0.1, -0.05) is 50.2 Å². The molecule has 0 bridgehead atoms. The molecule has 6 nitrogen and oxygen atoms in total. The van der Waals surface area contributed by atoms with Gasteiger partial charge in [-0.25, -0.2) is 4.98 Å². The quantitative estimate of drug-likeness (QED) is 0.398. The minimum atomic E-state index is -0.704. The fourth-order valence-electron chi connectivity index (χ4n) is 5.13. The topological polar surface area (TPSA) is 63.1 Å². The summed E-state index contributed by atoms with van der Waals surface area (Å²) in [7, 11) is 2.18. The van der Waals surface area contributed by atoms with E-state index < -0.39 is 5.41 Å². The molecule has 1 fully saturated rings. The largest absolute Gasteiger partial charge is 0.306 e. The minimum Gasteiger partial charge on any atom is -0.306 e. The van der Waals surface area contributed by atoms with E-state index >= 15 is 0 Å². The second-order valence-corrected chi connectivity index (χ2v) is 10.7. The van der Waals surface area contributed by atoms with E-state index in [2.05, 4.69) is 57.3 Å². The number of nitrogens with one attached hydrogen (secondary N) is 1. The van der Waals surface area contributed by atoms with Crippen LogP contribution in [0.15, 0.2) is 66.3 Å². The average molecular weight is 474 g/mol. The molecule has 1 amide bonds. The predicted octanol–water partition coefficient (Wildman–Crippen LogP) is 5.56. The lowest BCUT2D eigenvalue weighted by Crippen LogP contribution is -2.37. The molecule has 1 saturated heterocycles. The van der Waals surface area contributed by atoms with Crippen LogP contribution in [-0.2, 0) is 4.79 Å². The van der Waals surface area contributed by atoms with Gasteiger partial charge < -0.3 is 10.2 Å². The lowest BCUT2D eigenvalue weighted by atomic mass is 9.70. The Labute approximate surface area is 204 Å². The highest BCUT2D eigenvalue weighted by atomic mass is 32.1. The number of carbonyl (C=O) groups excluding carboxylic acids is 1. The number of hydrogen-bond donors (Lipinski definition) is 1. The molecule has 0 aliphatic carbocycles. The van der Waals surface area contributed by atoms with Gasteiger partial charge in [0.1, 0.15) is 0 Å². The maximum absolute atomic E-state index is 13.5. The number of likely N-dealkylation sites (tertiary alicyclic amines) is 1. The standard InChI is InChI=1S/C27H31N5OS/c1-27(2,25(33)30-26-28-13-16-34-26)24(19-7-5-4-6-8-19)20-9-10-23-21(17-20)18-29-32(23)22-11-14-31(3)15-12-22/h4-10,13,16-18,22,24H,11-12,14-15H2,1-3H3,(H,28,30,33). The van der Waals surface area contributed by atoms with E-state index in [1.165, 1.54) is 11.3 Å². The Balaban J connectivity index is 1.51. The molecular formula is C27H31N5OS. The van der Waals surface area contributed by atoms with Crippen LogP contribution in [0.1, 0.15) is 49.8 Å². The lowest BCUT2D eigenvalue weighted by Gasteiger charge is -2.34. The summed E-state index contributed by atoms with van der Waals surface area (Å²) in [6.07, 6.45) is 5.91. The van der Waals surface area contributed by atoms with Crippen LogP contribution in [0.2, 0.25) is 0 Å². The van der Waals surface area contributed by atoms with E-state index in [1.54, 1.807) is 6.20 Å². The number of thiazole rings is 1. The van der Waals surface area contributed by atoms with Crippen LogP contribution in [-0.4, -0.2) is 45.7 Å². The van der Waals surface area contributed by atoms with Gasteiger partial charge in [-0.15, -0.1) is 11.3 Å². The zero-order valence-electron chi connectivity index (χ0n) is 19.9. The number of amides is 1. The Bertz CT molecular complexity index is 1260. The summed E-state index contributed by atoms with van der Waals surface area (Å²) in [5.74, 6) is -0.164. The smallest absolute Gasteiger partial charge is 0.232 e. The van der Waals surface area contributed by atoms with Gasteiger partial charge in [0, 0.05) is 22.9 Å². The molecule has 1 aliphatic rings. The number of benzene rings is 2. The van der Waals surface area contributed by atoms with Crippen molar-refractivity contribution in [1.82, 2.24) is 19.7 Å². The van der Waals surface area contributed by atoms with Gasteiger partial charge in [0.25, 0.3) is 0 Å². The molecule has 2 aromatic carbocycles. The van der Waals surface area contributed by atoms with E-state index in [4.69, 9.17) is 5.10 Å². The van der Waals surface area contributed by atoms with Crippen LogP contribution >= 0.6 is 11.3 Å². The lowest BCUT2D eigenvalue weighted by molar-refractivity contribution is -0.124. The summed E-state index contributed by atoms with van der Waals surface area (Å²) in [5, 5.41) is 11.4. The van der Waals surface area contributed by atoms with Crippen molar-refractivity contribution >= 4 is 33.3 Å². The molecule has 1 aliphatic heterocycles. The summed E-state index contributed by atoms with van der Waals surface area (Å²) in [6, 6.07) is 17.3. The normalized spacial score (nSPS) is 16.6. The Morgan fingerprint density at radius 1 is 1.12 bits per heavy atom. The summed E-state index contributed by atoms with van der Waals surface area (Å²) < 4.78 is 2.20. The number of rotatable bonds is 6. The molecule has 1 N–H and O–H groups in total. The third-order valence-corrected chi connectivity index (χ3v) is 7.77. The number of nitrogens with zero attached hydrogens (tertiary/aromatic N) is 4. The van der Waals surface area contributed by atoms with Crippen molar-refractivity contribution in [3.05, 3.63) is 77.4 Å². The molecule has 0 radical (unpaired) electrons. The van der Waals surface area contributed by atoms with Crippen molar-refractivity contribution in [3.8, 4) is 0 Å². The van der Waals surface area contributed by atoms with E-state index in [9.17, 15) is 4.79 Å².